The first kappa shape index (κ1) is 10.9. The highest BCUT2D eigenvalue weighted by Crippen LogP contribution is 2.04. The van der Waals surface area contributed by atoms with Gasteiger partial charge in [0, 0.05) is 6.20 Å². The Morgan fingerprint density at radius 3 is 2.88 bits per heavy atom. The summed E-state index contributed by atoms with van der Waals surface area (Å²) >= 11 is 0. The Morgan fingerprint density at radius 1 is 1.41 bits per heavy atom. The third kappa shape index (κ3) is 2.71. The lowest BCUT2D eigenvalue weighted by Crippen LogP contribution is -2.17. The summed E-state index contributed by atoms with van der Waals surface area (Å²) in [6.07, 6.45) is 2.14. The molecule has 2 rings (SSSR count). The molecule has 0 atom stereocenters. The highest BCUT2D eigenvalue weighted by atomic mass is 19.1. The minimum Gasteiger partial charge on any atom is -0.325 e. The van der Waals surface area contributed by atoms with E-state index in [1.165, 1.54) is 12.1 Å². The van der Waals surface area contributed by atoms with E-state index in [0.29, 0.717) is 0 Å². The Labute approximate surface area is 94.6 Å². The number of hydrogen-bond donors (Lipinski definition) is 2. The SMILES string of the molecule is O=C(Nc1cccc(F)n1)c1c[nH]c(=O)cn1. The molecule has 7 heteroatoms. The number of aromatic amines is 1. The lowest BCUT2D eigenvalue weighted by molar-refractivity contribution is 0.102. The van der Waals surface area contributed by atoms with Crippen molar-refractivity contribution in [1.29, 1.82) is 0 Å². The van der Waals surface area contributed by atoms with Gasteiger partial charge in [-0.2, -0.15) is 4.39 Å². The molecule has 0 unspecified atom stereocenters. The van der Waals surface area contributed by atoms with Crippen molar-refractivity contribution in [3.8, 4) is 0 Å². The highest BCUT2D eigenvalue weighted by molar-refractivity contribution is 6.01. The molecule has 0 aliphatic heterocycles. The third-order valence-electron chi connectivity index (χ3n) is 1.86. The molecule has 2 aromatic rings. The van der Waals surface area contributed by atoms with Crippen LogP contribution in [0.15, 0.2) is 35.4 Å². The van der Waals surface area contributed by atoms with Crippen molar-refractivity contribution in [3.05, 3.63) is 52.6 Å². The predicted octanol–water partition coefficient (Wildman–Crippen LogP) is 0.556. The van der Waals surface area contributed by atoms with Crippen LogP contribution in [0.4, 0.5) is 10.2 Å². The largest absolute Gasteiger partial charge is 0.325 e. The standard InChI is InChI=1S/C10H7FN4O2/c11-7-2-1-3-8(14-7)15-10(17)6-4-13-9(16)5-12-6/h1-5H,(H,13,16)(H,14,15,17). The molecular weight excluding hydrogens is 227 g/mol. The molecule has 0 saturated heterocycles. The zero-order valence-electron chi connectivity index (χ0n) is 8.48. The van der Waals surface area contributed by atoms with Gasteiger partial charge in [0.25, 0.3) is 11.5 Å². The summed E-state index contributed by atoms with van der Waals surface area (Å²) in [5.74, 6) is -1.21. The van der Waals surface area contributed by atoms with E-state index in [1.807, 2.05) is 0 Å². The van der Waals surface area contributed by atoms with Gasteiger partial charge in [-0.1, -0.05) is 6.07 Å². The number of rotatable bonds is 2. The van der Waals surface area contributed by atoms with Gasteiger partial charge in [0.1, 0.15) is 11.5 Å². The molecule has 0 bridgehead atoms. The third-order valence-corrected chi connectivity index (χ3v) is 1.86. The van der Waals surface area contributed by atoms with Crippen molar-refractivity contribution >= 4 is 11.7 Å². The predicted molar refractivity (Wildman–Crippen MR) is 57.0 cm³/mol. The molecule has 2 aromatic heterocycles. The van der Waals surface area contributed by atoms with E-state index in [-0.39, 0.29) is 11.5 Å². The van der Waals surface area contributed by atoms with E-state index in [4.69, 9.17) is 0 Å². The Hall–Kier alpha value is -2.57. The molecule has 1 amide bonds. The maximum Gasteiger partial charge on any atom is 0.276 e. The number of aromatic nitrogens is 3. The van der Waals surface area contributed by atoms with Crippen molar-refractivity contribution in [1.82, 2.24) is 15.0 Å². The topological polar surface area (TPSA) is 87.7 Å². The van der Waals surface area contributed by atoms with E-state index < -0.39 is 17.4 Å². The summed E-state index contributed by atoms with van der Waals surface area (Å²) in [6, 6.07) is 4.01. The van der Waals surface area contributed by atoms with Gasteiger partial charge in [-0.15, -0.1) is 0 Å². The average Bonchev–Trinajstić information content (AvgIpc) is 2.29. The summed E-state index contributed by atoms with van der Waals surface area (Å²) < 4.78 is 12.7. The van der Waals surface area contributed by atoms with Crippen LogP contribution in [0.1, 0.15) is 10.5 Å². The summed E-state index contributed by atoms with van der Waals surface area (Å²) in [4.78, 5) is 31.7. The van der Waals surface area contributed by atoms with Gasteiger partial charge in [-0.25, -0.2) is 9.97 Å². The highest BCUT2D eigenvalue weighted by Gasteiger charge is 2.08. The van der Waals surface area contributed by atoms with Crippen molar-refractivity contribution in [2.24, 2.45) is 0 Å². The molecule has 0 aliphatic carbocycles. The van der Waals surface area contributed by atoms with Crippen LogP contribution >= 0.6 is 0 Å². The molecule has 0 aromatic carbocycles. The van der Waals surface area contributed by atoms with Gasteiger partial charge in [-0.3, -0.25) is 9.59 Å². The fourth-order valence-electron chi connectivity index (χ4n) is 1.12. The van der Waals surface area contributed by atoms with Crippen molar-refractivity contribution in [3.63, 3.8) is 0 Å². The van der Waals surface area contributed by atoms with E-state index in [9.17, 15) is 14.0 Å². The van der Waals surface area contributed by atoms with Crippen LogP contribution in [-0.4, -0.2) is 20.9 Å². The lowest BCUT2D eigenvalue weighted by atomic mass is 10.4. The number of nitrogens with zero attached hydrogens (tertiary/aromatic N) is 2. The fourth-order valence-corrected chi connectivity index (χ4v) is 1.12. The molecule has 2 N–H and O–H groups in total. The number of H-pyrrole nitrogens is 1. The number of carbonyl (C=O) groups excluding carboxylic acids is 1. The zero-order valence-corrected chi connectivity index (χ0v) is 8.48. The Balaban J connectivity index is 2.17. The molecule has 6 nitrogen and oxygen atoms in total. The van der Waals surface area contributed by atoms with E-state index in [2.05, 4.69) is 20.3 Å². The monoisotopic (exact) mass is 234 g/mol. The normalized spacial score (nSPS) is 9.94. The Morgan fingerprint density at radius 2 is 2.24 bits per heavy atom. The molecule has 0 radical (unpaired) electrons. The number of halogens is 1. The van der Waals surface area contributed by atoms with Crippen molar-refractivity contribution < 1.29 is 9.18 Å². The van der Waals surface area contributed by atoms with Gasteiger partial charge in [0.05, 0.1) is 6.20 Å². The summed E-state index contributed by atoms with van der Waals surface area (Å²) in [5.41, 5.74) is -0.402. The maximum absolute atomic E-state index is 12.7. The average molecular weight is 234 g/mol. The summed E-state index contributed by atoms with van der Waals surface area (Å²) in [7, 11) is 0. The quantitative estimate of drug-likeness (QED) is 0.743. The lowest BCUT2D eigenvalue weighted by Gasteiger charge is -2.02. The van der Waals surface area contributed by atoms with Gasteiger partial charge >= 0.3 is 0 Å². The van der Waals surface area contributed by atoms with E-state index in [1.54, 1.807) is 0 Å². The zero-order chi connectivity index (χ0) is 12.3. The van der Waals surface area contributed by atoms with Gasteiger partial charge < -0.3 is 10.3 Å². The van der Waals surface area contributed by atoms with Crippen LogP contribution in [0.3, 0.4) is 0 Å². The molecule has 0 aliphatic rings. The second-order valence-corrected chi connectivity index (χ2v) is 3.10. The Kier molecular flexibility index (Phi) is 2.91. The van der Waals surface area contributed by atoms with Gasteiger partial charge in [-0.05, 0) is 12.1 Å². The molecule has 2 heterocycles. The van der Waals surface area contributed by atoms with E-state index in [0.717, 1.165) is 18.5 Å². The first-order valence-electron chi connectivity index (χ1n) is 4.64. The summed E-state index contributed by atoms with van der Waals surface area (Å²) in [5, 5.41) is 2.34. The van der Waals surface area contributed by atoms with Crippen LogP contribution < -0.4 is 10.9 Å². The molecule has 0 fully saturated rings. The minimum atomic E-state index is -0.697. The molecular formula is C10H7FN4O2. The number of hydrogen-bond acceptors (Lipinski definition) is 4. The smallest absolute Gasteiger partial charge is 0.276 e. The number of nitrogens with one attached hydrogen (secondary N) is 2. The number of amides is 1. The molecule has 17 heavy (non-hydrogen) atoms. The van der Waals surface area contributed by atoms with Crippen molar-refractivity contribution in [2.45, 2.75) is 0 Å². The second kappa shape index (κ2) is 4.52. The number of pyridine rings is 1. The Bertz CT molecular complexity index is 591. The fraction of sp³-hybridized carbons (Fsp3) is 0. The van der Waals surface area contributed by atoms with E-state index >= 15 is 0 Å². The number of anilines is 1. The minimum absolute atomic E-state index is 0.00987. The molecule has 0 spiro atoms. The number of carbonyl (C=O) groups is 1. The van der Waals surface area contributed by atoms with Crippen molar-refractivity contribution in [2.75, 3.05) is 5.32 Å². The summed E-state index contributed by atoms with van der Waals surface area (Å²) in [6.45, 7) is 0. The maximum atomic E-state index is 12.7. The van der Waals surface area contributed by atoms with Gasteiger partial charge in [0.15, 0.2) is 0 Å². The van der Waals surface area contributed by atoms with Crippen LogP contribution in [-0.2, 0) is 0 Å². The molecule has 0 saturated carbocycles. The first-order chi connectivity index (χ1) is 8.15. The second-order valence-electron chi connectivity index (χ2n) is 3.10. The molecule has 86 valence electrons. The first-order valence-corrected chi connectivity index (χ1v) is 4.64. The van der Waals surface area contributed by atoms with Crippen LogP contribution in [0.5, 0.6) is 0 Å². The van der Waals surface area contributed by atoms with Gasteiger partial charge in [0.2, 0.25) is 5.95 Å². The van der Waals surface area contributed by atoms with Crippen LogP contribution in [0.2, 0.25) is 0 Å². The van der Waals surface area contributed by atoms with Crippen LogP contribution in [0.25, 0.3) is 0 Å². The van der Waals surface area contributed by atoms with Crippen LogP contribution in [0, 0.1) is 5.95 Å².